The second kappa shape index (κ2) is 28.2. The maximum Gasteiger partial charge on any atom is 0 e. The van der Waals surface area contributed by atoms with Crippen LogP contribution < -0.4 is 28.8 Å². The first-order valence-corrected chi connectivity index (χ1v) is 41.1. The van der Waals surface area contributed by atoms with E-state index in [1.807, 2.05) is 46.3 Å². The quantitative estimate of drug-likeness (QED) is 0.0798. The molecule has 1 N–H and O–H groups in total. The van der Waals surface area contributed by atoms with Crippen LogP contribution >= 0.6 is 105 Å². The number of nitrogens with one attached hydrogen (secondary N) is 1. The third kappa shape index (κ3) is 14.7. The van der Waals surface area contributed by atoms with E-state index in [0.717, 1.165) is 130 Å². The van der Waals surface area contributed by atoms with Gasteiger partial charge in [0, 0.05) is 88.3 Å². The van der Waals surface area contributed by atoms with Gasteiger partial charge in [0.15, 0.2) is 35.4 Å². The van der Waals surface area contributed by atoms with E-state index in [1.165, 1.54) is 25.7 Å². The molecule has 69 heavy (non-hydrogen) atoms. The molecule has 8 heterocycles. The second-order valence-corrected chi connectivity index (χ2v) is 53.2. The van der Waals surface area contributed by atoms with E-state index in [-0.39, 0.29) is 74.1 Å². The van der Waals surface area contributed by atoms with Gasteiger partial charge in [-0.15, -0.1) is 11.8 Å². The standard InChI is InChI=1S/C24H28N3O3.C18H22N2O3.C6H6N.2CH3I.3HI.V.Y/c28-23-19-14-21-22(30-17-29-21)15-20(19)24(7-8-24)27(23)13-6-18-4-11-26(12-5-18)16-25-9-2-1-3-10-25;21-17-13-9-15-16(23-11-22-15)10-14(13)18(4-5-18)20(17)8-3-12-1-6-19-7-2-12;1-6-4-2-3-5-7-6;2*1-2;;;;;/h1-3,9-10,14-15,18H,4-8,11-13,16-17H2;9-10,12,19H,1-8,11H2;2-5H,1H2;2*1H3;3*1H;;/q+1;;-1;;;;;;+3;/p-3. The van der Waals surface area contributed by atoms with Crippen LogP contribution in [0.25, 0.3) is 0 Å². The molecule has 8 aliphatic rings. The average Bonchev–Trinajstić information content (AvgIpc) is 4.19. The minimum absolute atomic E-state index is 0. The van der Waals surface area contributed by atoms with Gasteiger partial charge in [0.05, 0.1) is 11.1 Å². The minimum Gasteiger partial charge on any atom is 0 e. The van der Waals surface area contributed by atoms with Crippen LogP contribution in [0.2, 0.25) is 0 Å². The molecule has 2 aliphatic carbocycles. The molecule has 19 heteroatoms. The van der Waals surface area contributed by atoms with Crippen LogP contribution in [0, 0.1) is 18.8 Å². The fourth-order valence-corrected chi connectivity index (χ4v) is 10.3. The van der Waals surface area contributed by atoms with Gasteiger partial charge >= 0.3 is 64.9 Å². The topological polar surface area (TPSA) is 110 Å². The van der Waals surface area contributed by atoms with E-state index in [2.05, 4.69) is 178 Å². The fraction of sp³-hybridized carbons (Fsp3) is 0.500. The molecule has 6 aliphatic heterocycles. The number of ether oxygens (including phenoxy) is 4. The van der Waals surface area contributed by atoms with Crippen molar-refractivity contribution >= 4 is 117 Å². The number of piperidine rings is 2. The SMILES string of the molecule is CI.CI.O=C1c2cc3c(cc2C2(CC2)N1CCC1CCN(C[n+]2ccccc2)CC1)OCO3.O=C1c2cc3c(cc2C2(CC2)N1CCC1CCNCC1)OCO3.[CH2-]c1ccccn1.[I][V]([I])[I].[Y]. The molecular formula is C50H62I5N6O6VY. The van der Waals surface area contributed by atoms with Crippen molar-refractivity contribution in [3.05, 3.63) is 114 Å². The average molecular weight is 1620 g/mol. The number of amides is 2. The molecule has 4 aromatic rings. The molecule has 371 valence electrons. The molecule has 0 unspecified atom stereocenters. The third-order valence-corrected chi connectivity index (χ3v) is 14.0. The van der Waals surface area contributed by atoms with Crippen molar-refractivity contribution in [2.75, 3.05) is 62.7 Å². The Morgan fingerprint density at radius 3 is 1.55 bits per heavy atom. The van der Waals surface area contributed by atoms with Gasteiger partial charge in [0.25, 0.3) is 11.8 Å². The molecule has 2 amide bonds. The van der Waals surface area contributed by atoms with E-state index in [1.54, 1.807) is 6.20 Å². The van der Waals surface area contributed by atoms with Crippen LogP contribution in [0.1, 0.15) is 102 Å². The van der Waals surface area contributed by atoms with E-state index in [4.69, 9.17) is 18.9 Å². The Bertz CT molecular complexity index is 2290. The number of benzene rings is 2. The van der Waals surface area contributed by atoms with Gasteiger partial charge in [-0.25, -0.2) is 11.8 Å². The molecule has 2 spiro atoms. The van der Waals surface area contributed by atoms with Crippen LogP contribution in [-0.2, 0) is 55.4 Å². The molecule has 12 rings (SSSR count). The molecule has 2 saturated carbocycles. The Balaban J connectivity index is 0.000000177. The van der Waals surface area contributed by atoms with Crippen LogP contribution in [0.3, 0.4) is 0 Å². The molecule has 2 saturated heterocycles. The molecule has 1 radical (unpaired) electrons. The van der Waals surface area contributed by atoms with Gasteiger partial charge < -0.3 is 34.1 Å². The van der Waals surface area contributed by atoms with Gasteiger partial charge in [-0.2, -0.15) is 10.6 Å². The number of fused-ring (bicyclic) bond motifs is 6. The Labute approximate surface area is 499 Å². The molecule has 12 nitrogen and oxygen atoms in total. The van der Waals surface area contributed by atoms with Gasteiger partial charge in [0.1, 0.15) is 0 Å². The summed E-state index contributed by atoms with van der Waals surface area (Å²) in [4.78, 5) is 40.5. The summed E-state index contributed by atoms with van der Waals surface area (Å²) >= 11 is 11.7. The Morgan fingerprint density at radius 1 is 0.696 bits per heavy atom. The largest absolute Gasteiger partial charge is 0 e. The number of nitrogens with zero attached hydrogens (tertiary/aromatic N) is 5. The second-order valence-electron chi connectivity index (χ2n) is 17.9. The fourth-order valence-electron chi connectivity index (χ4n) is 10.3. The Hall–Kier alpha value is 0.00831. The van der Waals surface area contributed by atoms with Gasteiger partial charge in [-0.05, 0) is 134 Å². The van der Waals surface area contributed by atoms with Crippen LogP contribution in [0.15, 0.2) is 79.3 Å². The minimum atomic E-state index is -0.278. The zero-order chi connectivity index (χ0) is 48.3. The first-order chi connectivity index (χ1) is 33.1. The van der Waals surface area contributed by atoms with Crippen LogP contribution in [0.4, 0.5) is 0 Å². The third-order valence-electron chi connectivity index (χ3n) is 14.0. The number of aromatic nitrogens is 2. The van der Waals surface area contributed by atoms with Crippen molar-refractivity contribution in [1.29, 1.82) is 0 Å². The number of likely N-dealkylation sites (tertiary alicyclic amines) is 1. The molecule has 0 atom stereocenters. The summed E-state index contributed by atoms with van der Waals surface area (Å²) in [6.07, 6.45) is 17.4. The number of halogens is 5. The van der Waals surface area contributed by atoms with E-state index in [9.17, 15) is 9.59 Å². The summed E-state index contributed by atoms with van der Waals surface area (Å²) in [5.41, 5.74) is 4.69. The number of carbonyl (C=O) groups excluding carboxylic acids is 2. The summed E-state index contributed by atoms with van der Waals surface area (Å²) in [5, 5.41) is 3.41. The molecule has 2 aromatic carbocycles. The number of alkyl halides is 2. The van der Waals surface area contributed by atoms with Gasteiger partial charge in [-0.1, -0.05) is 57.3 Å². The van der Waals surface area contributed by atoms with E-state index < -0.39 is 0 Å². The van der Waals surface area contributed by atoms with Gasteiger partial charge in [-0.3, -0.25) is 14.6 Å². The zero-order valence-electron chi connectivity index (χ0n) is 39.4. The van der Waals surface area contributed by atoms with Crippen molar-refractivity contribution in [2.45, 2.75) is 82.0 Å². The first kappa shape index (κ1) is 58.3. The van der Waals surface area contributed by atoms with Crippen molar-refractivity contribution in [3.8, 4) is 23.0 Å². The monoisotopic (exact) mass is 1620 g/mol. The van der Waals surface area contributed by atoms with Crippen molar-refractivity contribution < 1.29 is 70.7 Å². The summed E-state index contributed by atoms with van der Waals surface area (Å²) in [7, 11) is 0. The summed E-state index contributed by atoms with van der Waals surface area (Å²) in [6, 6.07) is 19.8. The zero-order valence-corrected chi connectivity index (χ0v) is 54.4. The maximum absolute atomic E-state index is 13.2. The Kier molecular flexibility index (Phi) is 23.8. The van der Waals surface area contributed by atoms with Crippen molar-refractivity contribution in [3.63, 3.8) is 0 Å². The molecular weight excluding hydrogens is 1550 g/mol. The number of carbonyl (C=O) groups is 2. The Morgan fingerprint density at radius 2 is 1.14 bits per heavy atom. The number of pyridine rings is 2. The van der Waals surface area contributed by atoms with Crippen molar-refractivity contribution in [2.24, 2.45) is 11.8 Å². The number of hydrogen-bond acceptors (Lipinski definition) is 9. The number of hydrogen-bond donors (Lipinski definition) is 1. The van der Waals surface area contributed by atoms with Gasteiger partial charge in [0.2, 0.25) is 20.3 Å². The maximum atomic E-state index is 13.2. The first-order valence-electron chi connectivity index (χ1n) is 23.3. The molecule has 4 fully saturated rings. The normalized spacial score (nSPS) is 19.2. The van der Waals surface area contributed by atoms with Crippen LogP contribution in [0.5, 0.6) is 23.0 Å². The van der Waals surface area contributed by atoms with Crippen molar-refractivity contribution in [1.82, 2.24) is 25.0 Å². The summed E-state index contributed by atoms with van der Waals surface area (Å²) < 4.78 is 24.3. The predicted octanol–water partition coefficient (Wildman–Crippen LogP) is 11.2. The van der Waals surface area contributed by atoms with E-state index >= 15 is 0 Å². The summed E-state index contributed by atoms with van der Waals surface area (Å²) in [5.74, 6) is 4.83. The molecule has 0 bridgehead atoms. The molecule has 2 aromatic heterocycles. The van der Waals surface area contributed by atoms with E-state index in [0.29, 0.717) is 17.4 Å². The smallest absolute Gasteiger partial charge is 0 e. The summed E-state index contributed by atoms with van der Waals surface area (Å²) in [6.45, 7) is 11.3. The number of rotatable bonds is 8. The van der Waals surface area contributed by atoms with Crippen LogP contribution in [-0.4, -0.2) is 94.2 Å². The predicted molar refractivity (Wildman–Crippen MR) is 305 cm³/mol.